The maximum absolute atomic E-state index is 12.2. The average molecular weight is 275 g/mol. The summed E-state index contributed by atoms with van der Waals surface area (Å²) in [6.07, 6.45) is 3.95. The van der Waals surface area contributed by atoms with Crippen LogP contribution in [0, 0.1) is 5.92 Å². The third-order valence-corrected chi connectivity index (χ3v) is 4.27. The molecule has 4 nitrogen and oxygen atoms in total. The first-order valence-electron chi connectivity index (χ1n) is 7.40. The van der Waals surface area contributed by atoms with Gasteiger partial charge in [0.2, 0.25) is 5.91 Å². The van der Waals surface area contributed by atoms with Gasteiger partial charge in [0.1, 0.15) is 0 Å². The molecule has 1 aromatic rings. The molecule has 1 unspecified atom stereocenters. The van der Waals surface area contributed by atoms with Gasteiger partial charge in [0.25, 0.3) is 0 Å². The molecule has 1 fully saturated rings. The first-order chi connectivity index (χ1) is 9.60. The molecule has 0 aromatic heterocycles. The van der Waals surface area contributed by atoms with Gasteiger partial charge in [-0.1, -0.05) is 18.6 Å². The zero-order valence-corrected chi connectivity index (χ0v) is 12.4. The molecule has 0 aliphatic heterocycles. The van der Waals surface area contributed by atoms with Gasteiger partial charge in [-0.25, -0.2) is 0 Å². The molecule has 0 saturated heterocycles. The van der Waals surface area contributed by atoms with E-state index in [1.807, 2.05) is 38.2 Å². The number of anilines is 1. The molecule has 1 aromatic carbocycles. The van der Waals surface area contributed by atoms with Crippen LogP contribution >= 0.6 is 0 Å². The predicted octanol–water partition coefficient (Wildman–Crippen LogP) is 2.20. The van der Waals surface area contributed by atoms with Crippen molar-refractivity contribution in [2.75, 3.05) is 18.9 Å². The number of benzene rings is 1. The van der Waals surface area contributed by atoms with Crippen molar-refractivity contribution in [1.82, 2.24) is 4.90 Å². The van der Waals surface area contributed by atoms with Gasteiger partial charge in [0.05, 0.1) is 6.04 Å². The molecule has 4 heteroatoms. The molecule has 3 N–H and O–H groups in total. The molecule has 1 atom stereocenters. The van der Waals surface area contributed by atoms with Crippen molar-refractivity contribution >= 4 is 11.6 Å². The third kappa shape index (κ3) is 3.81. The Bertz CT molecular complexity index is 440. The highest BCUT2D eigenvalue weighted by molar-refractivity contribution is 5.94. The quantitative estimate of drug-likeness (QED) is 0.837. The van der Waals surface area contributed by atoms with Gasteiger partial charge in [0.15, 0.2) is 0 Å². The van der Waals surface area contributed by atoms with Crippen molar-refractivity contribution in [3.8, 4) is 0 Å². The fourth-order valence-electron chi connectivity index (χ4n) is 2.41. The van der Waals surface area contributed by atoms with Crippen LogP contribution in [0.5, 0.6) is 0 Å². The Balaban J connectivity index is 1.85. The zero-order chi connectivity index (χ0) is 14.5. The van der Waals surface area contributed by atoms with Crippen molar-refractivity contribution in [1.29, 1.82) is 0 Å². The van der Waals surface area contributed by atoms with E-state index in [1.165, 1.54) is 19.3 Å². The molecular weight excluding hydrogens is 250 g/mol. The van der Waals surface area contributed by atoms with E-state index in [2.05, 4.69) is 10.2 Å². The van der Waals surface area contributed by atoms with E-state index in [0.717, 1.165) is 23.7 Å². The minimum Gasteiger partial charge on any atom is -0.326 e. The van der Waals surface area contributed by atoms with E-state index < -0.39 is 0 Å². The monoisotopic (exact) mass is 275 g/mol. The normalized spacial score (nSPS) is 16.8. The van der Waals surface area contributed by atoms with Crippen molar-refractivity contribution < 1.29 is 4.79 Å². The SMILES string of the molecule is CC(C(=O)Nc1ccc(CN)cc1)N(C)CC1CCC1. The number of rotatable bonds is 6. The van der Waals surface area contributed by atoms with Gasteiger partial charge in [-0.05, 0) is 50.4 Å². The first kappa shape index (κ1) is 15.0. The first-order valence-corrected chi connectivity index (χ1v) is 7.40. The van der Waals surface area contributed by atoms with E-state index in [9.17, 15) is 4.79 Å². The number of carbonyl (C=O) groups is 1. The largest absolute Gasteiger partial charge is 0.326 e. The Labute approximate surface area is 121 Å². The summed E-state index contributed by atoms with van der Waals surface area (Å²) in [7, 11) is 2.03. The number of nitrogens with one attached hydrogen (secondary N) is 1. The smallest absolute Gasteiger partial charge is 0.241 e. The second-order valence-electron chi connectivity index (χ2n) is 5.80. The Morgan fingerprint density at radius 1 is 1.40 bits per heavy atom. The van der Waals surface area contributed by atoms with Crippen LogP contribution in [0.25, 0.3) is 0 Å². The lowest BCUT2D eigenvalue weighted by Crippen LogP contribution is -2.42. The minimum absolute atomic E-state index is 0.0484. The van der Waals surface area contributed by atoms with Crippen LogP contribution in [0.2, 0.25) is 0 Å². The van der Waals surface area contributed by atoms with Gasteiger partial charge in [-0.15, -0.1) is 0 Å². The van der Waals surface area contributed by atoms with Crippen LogP contribution < -0.4 is 11.1 Å². The minimum atomic E-state index is -0.107. The van der Waals surface area contributed by atoms with Crippen molar-refractivity contribution in [3.63, 3.8) is 0 Å². The molecular formula is C16H25N3O. The fourth-order valence-corrected chi connectivity index (χ4v) is 2.41. The Morgan fingerprint density at radius 2 is 2.05 bits per heavy atom. The van der Waals surface area contributed by atoms with E-state index in [-0.39, 0.29) is 11.9 Å². The molecule has 1 amide bonds. The molecule has 1 aliphatic carbocycles. The van der Waals surface area contributed by atoms with Crippen LogP contribution in [-0.2, 0) is 11.3 Å². The van der Waals surface area contributed by atoms with Gasteiger partial charge in [0, 0.05) is 18.8 Å². The van der Waals surface area contributed by atoms with Crippen molar-refractivity contribution in [3.05, 3.63) is 29.8 Å². The standard InChI is InChI=1S/C16H25N3O/c1-12(19(2)11-14-4-3-5-14)16(20)18-15-8-6-13(10-17)7-9-15/h6-9,12,14H,3-5,10-11,17H2,1-2H3,(H,18,20). The van der Waals surface area contributed by atoms with Crippen molar-refractivity contribution in [2.45, 2.75) is 38.8 Å². The number of nitrogens with zero attached hydrogens (tertiary/aromatic N) is 1. The maximum atomic E-state index is 12.2. The van der Waals surface area contributed by atoms with Crippen LogP contribution in [0.15, 0.2) is 24.3 Å². The summed E-state index contributed by atoms with van der Waals surface area (Å²) < 4.78 is 0. The number of hydrogen-bond acceptors (Lipinski definition) is 3. The van der Waals surface area contributed by atoms with Gasteiger partial charge < -0.3 is 11.1 Å². The molecule has 1 saturated carbocycles. The van der Waals surface area contributed by atoms with Crippen LogP contribution in [0.4, 0.5) is 5.69 Å². The van der Waals surface area contributed by atoms with Crippen LogP contribution in [0.3, 0.4) is 0 Å². The fraction of sp³-hybridized carbons (Fsp3) is 0.562. The summed E-state index contributed by atoms with van der Waals surface area (Å²) in [5, 5.41) is 2.96. The van der Waals surface area contributed by atoms with E-state index in [4.69, 9.17) is 5.73 Å². The second-order valence-corrected chi connectivity index (χ2v) is 5.80. The highest BCUT2D eigenvalue weighted by atomic mass is 16.2. The average Bonchev–Trinajstić information content (AvgIpc) is 2.42. The molecule has 1 aliphatic rings. The molecule has 0 spiro atoms. The summed E-state index contributed by atoms with van der Waals surface area (Å²) in [6, 6.07) is 7.58. The number of likely N-dealkylation sites (N-methyl/N-ethyl adjacent to an activating group) is 1. The molecule has 2 rings (SSSR count). The second kappa shape index (κ2) is 6.86. The Hall–Kier alpha value is -1.39. The van der Waals surface area contributed by atoms with Gasteiger partial charge in [-0.3, -0.25) is 9.69 Å². The number of hydrogen-bond donors (Lipinski definition) is 2. The molecule has 110 valence electrons. The van der Waals surface area contributed by atoms with Crippen LogP contribution in [-0.4, -0.2) is 30.4 Å². The van der Waals surface area contributed by atoms with Gasteiger partial charge >= 0.3 is 0 Å². The lowest BCUT2D eigenvalue weighted by Gasteiger charge is -2.32. The van der Waals surface area contributed by atoms with Crippen LogP contribution in [0.1, 0.15) is 31.7 Å². The summed E-state index contributed by atoms with van der Waals surface area (Å²) in [4.78, 5) is 14.4. The van der Waals surface area contributed by atoms with Crippen molar-refractivity contribution in [2.24, 2.45) is 11.7 Å². The number of carbonyl (C=O) groups excluding carboxylic acids is 1. The Morgan fingerprint density at radius 3 is 2.55 bits per heavy atom. The lowest BCUT2D eigenvalue weighted by atomic mass is 9.85. The molecule has 20 heavy (non-hydrogen) atoms. The number of amides is 1. The molecule has 0 heterocycles. The van der Waals surface area contributed by atoms with Gasteiger partial charge in [-0.2, -0.15) is 0 Å². The predicted molar refractivity (Wildman–Crippen MR) is 82.4 cm³/mol. The summed E-state index contributed by atoms with van der Waals surface area (Å²) in [5.74, 6) is 0.825. The van der Waals surface area contributed by atoms with E-state index in [0.29, 0.717) is 6.54 Å². The topological polar surface area (TPSA) is 58.4 Å². The highest BCUT2D eigenvalue weighted by Crippen LogP contribution is 2.27. The number of nitrogens with two attached hydrogens (primary N) is 1. The third-order valence-electron chi connectivity index (χ3n) is 4.27. The maximum Gasteiger partial charge on any atom is 0.241 e. The van der Waals surface area contributed by atoms with E-state index >= 15 is 0 Å². The Kier molecular flexibility index (Phi) is 5.15. The highest BCUT2D eigenvalue weighted by Gasteiger charge is 2.24. The summed E-state index contributed by atoms with van der Waals surface area (Å²) >= 11 is 0. The van der Waals surface area contributed by atoms with E-state index in [1.54, 1.807) is 0 Å². The summed E-state index contributed by atoms with van der Waals surface area (Å²) in [6.45, 7) is 3.50. The molecule has 0 bridgehead atoms. The lowest BCUT2D eigenvalue weighted by molar-refractivity contribution is -0.120. The summed E-state index contributed by atoms with van der Waals surface area (Å²) in [5.41, 5.74) is 7.46. The zero-order valence-electron chi connectivity index (χ0n) is 12.4. The molecule has 0 radical (unpaired) electrons.